The van der Waals surface area contributed by atoms with E-state index in [2.05, 4.69) is 31.6 Å². The molecule has 25 heavy (non-hydrogen) atoms. The van der Waals surface area contributed by atoms with Crippen molar-refractivity contribution in [3.63, 3.8) is 0 Å². The zero-order valence-electron chi connectivity index (χ0n) is 14.7. The number of aromatic nitrogens is 3. The third kappa shape index (κ3) is 3.61. The maximum atomic E-state index is 12.4. The highest BCUT2D eigenvalue weighted by atomic mass is 16.5. The number of aryl methyl sites for hydroxylation is 2. The first kappa shape index (κ1) is 16.3. The van der Waals surface area contributed by atoms with Crippen LogP contribution in [0.4, 0.5) is 0 Å². The van der Waals surface area contributed by atoms with Crippen LogP contribution in [0, 0.1) is 12.8 Å². The molecule has 2 N–H and O–H groups in total. The average molecular weight is 343 g/mol. The quantitative estimate of drug-likeness (QED) is 0.865. The molecule has 2 aromatic heterocycles. The van der Waals surface area contributed by atoms with Crippen LogP contribution in [0.1, 0.15) is 52.5 Å². The first-order chi connectivity index (χ1) is 12.2. The third-order valence-corrected chi connectivity index (χ3v) is 5.23. The molecule has 2 aromatic rings. The average Bonchev–Trinajstić information content (AvgIpc) is 3.33. The Morgan fingerprint density at radius 2 is 2.32 bits per heavy atom. The Kier molecular flexibility index (Phi) is 4.57. The van der Waals surface area contributed by atoms with E-state index in [0.717, 1.165) is 74.4 Å². The number of amides is 1. The van der Waals surface area contributed by atoms with Gasteiger partial charge in [0.15, 0.2) is 0 Å². The highest BCUT2D eigenvalue weighted by Gasteiger charge is 2.27. The van der Waals surface area contributed by atoms with Gasteiger partial charge in [0.05, 0.1) is 11.4 Å². The van der Waals surface area contributed by atoms with Crippen molar-refractivity contribution in [2.45, 2.75) is 45.6 Å². The molecule has 1 aliphatic carbocycles. The predicted octanol–water partition coefficient (Wildman–Crippen LogP) is 1.84. The Bertz CT molecular complexity index is 750. The monoisotopic (exact) mass is 343 g/mol. The Morgan fingerprint density at radius 1 is 1.44 bits per heavy atom. The number of likely N-dealkylation sites (tertiary alicyclic amines) is 1. The standard InChI is InChI=1S/C18H25N5O2/c1-12-8-14(21-20-12)11-23-7-6-13(10-23)9-19-18(24)17-15-4-2-3-5-16(15)22-25-17/h8,13H,2-7,9-11H2,1H3,(H,19,24)(H,20,21)/t13-/m1/s1. The van der Waals surface area contributed by atoms with Crippen molar-refractivity contribution >= 4 is 5.91 Å². The molecule has 1 aliphatic heterocycles. The van der Waals surface area contributed by atoms with E-state index in [1.807, 2.05) is 6.92 Å². The number of aromatic amines is 1. The molecule has 0 radical (unpaired) electrons. The fourth-order valence-corrected chi connectivity index (χ4v) is 3.89. The van der Waals surface area contributed by atoms with E-state index in [4.69, 9.17) is 4.52 Å². The first-order valence-corrected chi connectivity index (χ1v) is 9.18. The van der Waals surface area contributed by atoms with Crippen LogP contribution in [0.25, 0.3) is 0 Å². The van der Waals surface area contributed by atoms with E-state index >= 15 is 0 Å². The van der Waals surface area contributed by atoms with Gasteiger partial charge in [-0.1, -0.05) is 5.16 Å². The smallest absolute Gasteiger partial charge is 0.290 e. The maximum absolute atomic E-state index is 12.4. The number of nitrogens with zero attached hydrogens (tertiary/aromatic N) is 3. The zero-order valence-corrected chi connectivity index (χ0v) is 14.7. The van der Waals surface area contributed by atoms with Gasteiger partial charge >= 0.3 is 0 Å². The molecule has 0 aromatic carbocycles. The molecule has 0 bridgehead atoms. The van der Waals surface area contributed by atoms with Gasteiger partial charge < -0.3 is 9.84 Å². The summed E-state index contributed by atoms with van der Waals surface area (Å²) in [6, 6.07) is 2.09. The molecular formula is C18H25N5O2. The lowest BCUT2D eigenvalue weighted by Gasteiger charge is -2.15. The van der Waals surface area contributed by atoms with Crippen molar-refractivity contribution in [3.8, 4) is 0 Å². The number of hydrogen-bond donors (Lipinski definition) is 2. The van der Waals surface area contributed by atoms with E-state index in [-0.39, 0.29) is 5.91 Å². The molecule has 3 heterocycles. The van der Waals surface area contributed by atoms with E-state index < -0.39 is 0 Å². The predicted molar refractivity (Wildman–Crippen MR) is 92.2 cm³/mol. The fourth-order valence-electron chi connectivity index (χ4n) is 3.89. The summed E-state index contributed by atoms with van der Waals surface area (Å²) in [5.41, 5.74) is 4.16. The van der Waals surface area contributed by atoms with E-state index in [1.165, 1.54) is 0 Å². The van der Waals surface area contributed by atoms with Gasteiger partial charge in [0.2, 0.25) is 5.76 Å². The van der Waals surface area contributed by atoms with Crippen LogP contribution in [0.3, 0.4) is 0 Å². The second kappa shape index (κ2) is 7.00. The van der Waals surface area contributed by atoms with Gasteiger partial charge in [-0.25, -0.2) is 0 Å². The molecule has 134 valence electrons. The summed E-state index contributed by atoms with van der Waals surface area (Å²) in [5.74, 6) is 0.788. The number of carbonyl (C=O) groups excluding carboxylic acids is 1. The minimum Gasteiger partial charge on any atom is -0.350 e. The number of H-pyrrole nitrogens is 1. The Hall–Kier alpha value is -2.15. The van der Waals surface area contributed by atoms with Crippen LogP contribution >= 0.6 is 0 Å². The second-order valence-electron chi connectivity index (χ2n) is 7.29. The summed E-state index contributed by atoms with van der Waals surface area (Å²) >= 11 is 0. The highest BCUT2D eigenvalue weighted by molar-refractivity contribution is 5.93. The second-order valence-corrected chi connectivity index (χ2v) is 7.29. The highest BCUT2D eigenvalue weighted by Crippen LogP contribution is 2.24. The zero-order chi connectivity index (χ0) is 17.2. The topological polar surface area (TPSA) is 87.1 Å². The molecule has 0 unspecified atom stereocenters. The van der Waals surface area contributed by atoms with Crippen molar-refractivity contribution in [2.75, 3.05) is 19.6 Å². The summed E-state index contributed by atoms with van der Waals surface area (Å²) in [6.07, 6.45) is 5.17. The van der Waals surface area contributed by atoms with Crippen LogP contribution in [0.5, 0.6) is 0 Å². The number of carbonyl (C=O) groups is 1. The summed E-state index contributed by atoms with van der Waals surface area (Å²) in [4.78, 5) is 14.8. The van der Waals surface area contributed by atoms with Crippen LogP contribution in [0.15, 0.2) is 10.6 Å². The Labute approximate surface area is 147 Å². The molecule has 1 fully saturated rings. The number of rotatable bonds is 5. The van der Waals surface area contributed by atoms with Gasteiger partial charge in [-0.3, -0.25) is 14.8 Å². The number of nitrogens with one attached hydrogen (secondary N) is 2. The largest absolute Gasteiger partial charge is 0.350 e. The minimum absolute atomic E-state index is 0.114. The summed E-state index contributed by atoms with van der Waals surface area (Å²) in [5, 5.41) is 14.4. The molecule has 0 saturated carbocycles. The molecule has 0 spiro atoms. The van der Waals surface area contributed by atoms with Gasteiger partial charge in [0.1, 0.15) is 0 Å². The van der Waals surface area contributed by atoms with Crippen molar-refractivity contribution in [2.24, 2.45) is 5.92 Å². The van der Waals surface area contributed by atoms with Gasteiger partial charge in [-0.2, -0.15) is 5.10 Å². The summed E-state index contributed by atoms with van der Waals surface area (Å²) < 4.78 is 5.31. The van der Waals surface area contributed by atoms with E-state index in [9.17, 15) is 4.79 Å². The molecular weight excluding hydrogens is 318 g/mol. The van der Waals surface area contributed by atoms with Crippen molar-refractivity contribution < 1.29 is 9.32 Å². The lowest BCUT2D eigenvalue weighted by Crippen LogP contribution is -2.31. The number of fused-ring (bicyclic) bond motifs is 1. The SMILES string of the molecule is Cc1cc(CN2CC[C@H](CNC(=O)c3onc4c3CCCC4)C2)n[nH]1. The van der Waals surface area contributed by atoms with Crippen LogP contribution in [-0.2, 0) is 19.4 Å². The normalized spacial score (nSPS) is 20.6. The molecule has 7 heteroatoms. The van der Waals surface area contributed by atoms with E-state index in [1.54, 1.807) is 0 Å². The molecule has 4 rings (SSSR count). The molecule has 2 aliphatic rings. The minimum atomic E-state index is -0.114. The molecule has 1 saturated heterocycles. The van der Waals surface area contributed by atoms with Crippen LogP contribution in [-0.4, -0.2) is 45.8 Å². The third-order valence-electron chi connectivity index (χ3n) is 5.23. The van der Waals surface area contributed by atoms with Crippen molar-refractivity contribution in [3.05, 3.63) is 34.5 Å². The molecule has 7 nitrogen and oxygen atoms in total. The lowest BCUT2D eigenvalue weighted by atomic mass is 9.96. The van der Waals surface area contributed by atoms with Crippen LogP contribution < -0.4 is 5.32 Å². The Morgan fingerprint density at radius 3 is 3.16 bits per heavy atom. The summed E-state index contributed by atoms with van der Waals surface area (Å²) in [7, 11) is 0. The molecule has 1 atom stereocenters. The van der Waals surface area contributed by atoms with Gasteiger partial charge in [0, 0.05) is 30.9 Å². The van der Waals surface area contributed by atoms with Gasteiger partial charge in [0.25, 0.3) is 5.91 Å². The first-order valence-electron chi connectivity index (χ1n) is 9.18. The van der Waals surface area contributed by atoms with Crippen molar-refractivity contribution in [1.82, 2.24) is 25.6 Å². The molecule has 1 amide bonds. The Balaban J connectivity index is 1.27. The number of hydrogen-bond acceptors (Lipinski definition) is 5. The fraction of sp³-hybridized carbons (Fsp3) is 0.611. The van der Waals surface area contributed by atoms with Crippen LogP contribution in [0.2, 0.25) is 0 Å². The van der Waals surface area contributed by atoms with Crippen molar-refractivity contribution in [1.29, 1.82) is 0 Å². The lowest BCUT2D eigenvalue weighted by molar-refractivity contribution is 0.0909. The van der Waals surface area contributed by atoms with Gasteiger partial charge in [-0.05, 0) is 57.6 Å². The van der Waals surface area contributed by atoms with Gasteiger partial charge in [-0.15, -0.1) is 0 Å². The maximum Gasteiger partial charge on any atom is 0.290 e. The van der Waals surface area contributed by atoms with E-state index in [0.29, 0.717) is 18.2 Å². The summed E-state index contributed by atoms with van der Waals surface area (Å²) in [6.45, 7) is 5.60.